The standard InChI is InChI=1S/C19H19NO4/c1-2-23-18(21)11-5-10-17-15-8-3-4-9-16(15)19(22)20(17)13-14-7-6-12-24-14/h3-9,11-12,17H,2,10,13H2,1H3/b11-5+. The molecule has 124 valence electrons. The Morgan fingerprint density at radius 3 is 2.88 bits per heavy atom. The molecule has 5 heteroatoms. The zero-order chi connectivity index (χ0) is 16.9. The summed E-state index contributed by atoms with van der Waals surface area (Å²) in [7, 11) is 0. The average Bonchev–Trinajstić information content (AvgIpc) is 3.18. The maximum atomic E-state index is 12.7. The number of furan rings is 1. The Balaban J connectivity index is 1.81. The van der Waals surface area contributed by atoms with Gasteiger partial charge in [-0.05, 0) is 37.1 Å². The van der Waals surface area contributed by atoms with E-state index in [4.69, 9.17) is 9.15 Å². The lowest BCUT2D eigenvalue weighted by molar-refractivity contribution is -0.137. The highest BCUT2D eigenvalue weighted by Crippen LogP contribution is 2.37. The van der Waals surface area contributed by atoms with Crippen molar-refractivity contribution >= 4 is 11.9 Å². The van der Waals surface area contributed by atoms with Gasteiger partial charge in [-0.2, -0.15) is 0 Å². The van der Waals surface area contributed by atoms with Crippen LogP contribution in [0.4, 0.5) is 0 Å². The average molecular weight is 325 g/mol. The third kappa shape index (κ3) is 3.25. The minimum absolute atomic E-state index is 0.0171. The van der Waals surface area contributed by atoms with Gasteiger partial charge in [-0.25, -0.2) is 4.79 Å². The number of nitrogens with zero attached hydrogens (tertiary/aromatic N) is 1. The van der Waals surface area contributed by atoms with Crippen molar-refractivity contribution in [3.8, 4) is 0 Å². The van der Waals surface area contributed by atoms with Crippen molar-refractivity contribution in [3.05, 3.63) is 71.7 Å². The molecule has 5 nitrogen and oxygen atoms in total. The van der Waals surface area contributed by atoms with E-state index in [9.17, 15) is 9.59 Å². The van der Waals surface area contributed by atoms with Crippen molar-refractivity contribution in [2.75, 3.05) is 6.61 Å². The van der Waals surface area contributed by atoms with E-state index in [0.29, 0.717) is 25.1 Å². The van der Waals surface area contributed by atoms with Gasteiger partial charge >= 0.3 is 5.97 Å². The Bertz CT molecular complexity index is 748. The summed E-state index contributed by atoms with van der Waals surface area (Å²) in [4.78, 5) is 25.9. The Labute approximate surface area is 140 Å². The molecule has 1 amide bonds. The van der Waals surface area contributed by atoms with Crippen LogP contribution in [0.2, 0.25) is 0 Å². The van der Waals surface area contributed by atoms with E-state index in [2.05, 4.69) is 0 Å². The fraction of sp³-hybridized carbons (Fsp3) is 0.263. The minimum Gasteiger partial charge on any atom is -0.467 e. The van der Waals surface area contributed by atoms with Crippen LogP contribution < -0.4 is 0 Å². The van der Waals surface area contributed by atoms with Crippen molar-refractivity contribution in [1.82, 2.24) is 4.90 Å². The van der Waals surface area contributed by atoms with Crippen LogP contribution in [-0.2, 0) is 16.1 Å². The topological polar surface area (TPSA) is 59.8 Å². The SMILES string of the molecule is CCOC(=O)/C=C/CC1c2ccccc2C(=O)N1Cc1ccco1. The van der Waals surface area contributed by atoms with Crippen molar-refractivity contribution in [2.45, 2.75) is 25.9 Å². The summed E-state index contributed by atoms with van der Waals surface area (Å²) in [6, 6.07) is 11.1. The molecular formula is C19H19NO4. The maximum absolute atomic E-state index is 12.7. The highest BCUT2D eigenvalue weighted by molar-refractivity contribution is 5.99. The van der Waals surface area contributed by atoms with E-state index < -0.39 is 0 Å². The van der Waals surface area contributed by atoms with Crippen LogP contribution >= 0.6 is 0 Å². The number of esters is 1. The summed E-state index contributed by atoms with van der Waals surface area (Å²) in [5.41, 5.74) is 1.68. The van der Waals surface area contributed by atoms with Gasteiger partial charge in [0, 0.05) is 11.6 Å². The zero-order valence-corrected chi connectivity index (χ0v) is 13.5. The number of fused-ring (bicyclic) bond motifs is 1. The van der Waals surface area contributed by atoms with Gasteiger partial charge in [0.15, 0.2) is 0 Å². The third-order valence-corrected chi connectivity index (χ3v) is 3.99. The summed E-state index contributed by atoms with van der Waals surface area (Å²) in [5.74, 6) is 0.347. The van der Waals surface area contributed by atoms with Gasteiger partial charge in [0.2, 0.25) is 0 Å². The summed E-state index contributed by atoms with van der Waals surface area (Å²) in [5, 5.41) is 0. The van der Waals surface area contributed by atoms with Crippen LogP contribution in [0.5, 0.6) is 0 Å². The highest BCUT2D eigenvalue weighted by Gasteiger charge is 2.35. The summed E-state index contributed by atoms with van der Waals surface area (Å²) < 4.78 is 10.3. The Hall–Kier alpha value is -2.82. The van der Waals surface area contributed by atoms with E-state index in [1.165, 1.54) is 6.08 Å². The van der Waals surface area contributed by atoms with Crippen molar-refractivity contribution in [2.24, 2.45) is 0 Å². The molecule has 0 fully saturated rings. The number of ether oxygens (including phenoxy) is 1. The lowest BCUT2D eigenvalue weighted by Crippen LogP contribution is -2.27. The quantitative estimate of drug-likeness (QED) is 0.602. The molecule has 0 spiro atoms. The van der Waals surface area contributed by atoms with Crippen molar-refractivity contribution in [3.63, 3.8) is 0 Å². The first-order valence-corrected chi connectivity index (χ1v) is 7.96. The number of carbonyl (C=O) groups is 2. The van der Waals surface area contributed by atoms with Gasteiger partial charge < -0.3 is 14.1 Å². The fourth-order valence-corrected chi connectivity index (χ4v) is 2.94. The molecule has 0 bridgehead atoms. The number of carbonyl (C=O) groups excluding carboxylic acids is 2. The van der Waals surface area contributed by atoms with Gasteiger partial charge in [-0.15, -0.1) is 0 Å². The summed E-state index contributed by atoms with van der Waals surface area (Å²) >= 11 is 0. The van der Waals surface area contributed by atoms with Gasteiger partial charge in [-0.1, -0.05) is 24.3 Å². The molecule has 1 unspecified atom stereocenters. The predicted octanol–water partition coefficient (Wildman–Crippen LogP) is 3.49. The Morgan fingerprint density at radius 2 is 2.12 bits per heavy atom. The van der Waals surface area contributed by atoms with E-state index >= 15 is 0 Å². The summed E-state index contributed by atoms with van der Waals surface area (Å²) in [6.07, 6.45) is 5.31. The molecule has 2 aromatic rings. The van der Waals surface area contributed by atoms with Crippen LogP contribution in [-0.4, -0.2) is 23.4 Å². The number of hydrogen-bond acceptors (Lipinski definition) is 4. The molecule has 2 heterocycles. The number of amides is 1. The molecule has 0 N–H and O–H groups in total. The molecule has 1 aromatic carbocycles. The van der Waals surface area contributed by atoms with Gasteiger partial charge in [0.25, 0.3) is 5.91 Å². The molecule has 0 saturated heterocycles. The molecule has 0 saturated carbocycles. The van der Waals surface area contributed by atoms with Gasteiger partial charge in [-0.3, -0.25) is 4.79 Å². The van der Waals surface area contributed by atoms with Crippen molar-refractivity contribution < 1.29 is 18.7 Å². The molecule has 1 atom stereocenters. The molecule has 1 aliphatic heterocycles. The van der Waals surface area contributed by atoms with Crippen LogP contribution in [0.1, 0.15) is 41.1 Å². The first kappa shape index (κ1) is 16.1. The van der Waals surface area contributed by atoms with Crippen LogP contribution in [0, 0.1) is 0 Å². The smallest absolute Gasteiger partial charge is 0.330 e. The first-order chi connectivity index (χ1) is 11.7. The second-order valence-corrected chi connectivity index (χ2v) is 5.51. The first-order valence-electron chi connectivity index (χ1n) is 7.96. The Morgan fingerprint density at radius 1 is 1.29 bits per heavy atom. The lowest BCUT2D eigenvalue weighted by Gasteiger charge is -2.23. The van der Waals surface area contributed by atoms with Crippen LogP contribution in [0.3, 0.4) is 0 Å². The molecular weight excluding hydrogens is 306 g/mol. The maximum Gasteiger partial charge on any atom is 0.330 e. The second kappa shape index (κ2) is 7.17. The monoisotopic (exact) mass is 325 g/mol. The number of benzene rings is 1. The van der Waals surface area contributed by atoms with E-state index in [1.54, 1.807) is 30.2 Å². The van der Waals surface area contributed by atoms with E-state index in [-0.39, 0.29) is 17.9 Å². The molecule has 1 aliphatic rings. The van der Waals surface area contributed by atoms with Gasteiger partial charge in [0.1, 0.15) is 5.76 Å². The molecule has 1 aromatic heterocycles. The van der Waals surface area contributed by atoms with E-state index in [0.717, 1.165) is 11.3 Å². The molecule has 24 heavy (non-hydrogen) atoms. The number of rotatable bonds is 6. The number of hydrogen-bond donors (Lipinski definition) is 0. The highest BCUT2D eigenvalue weighted by atomic mass is 16.5. The molecule has 3 rings (SSSR count). The van der Waals surface area contributed by atoms with E-state index in [1.807, 2.05) is 30.3 Å². The lowest BCUT2D eigenvalue weighted by atomic mass is 10.0. The second-order valence-electron chi connectivity index (χ2n) is 5.51. The Kier molecular flexibility index (Phi) is 4.79. The summed E-state index contributed by atoms with van der Waals surface area (Å²) in [6.45, 7) is 2.51. The van der Waals surface area contributed by atoms with Gasteiger partial charge in [0.05, 0.1) is 25.5 Å². The molecule has 0 aliphatic carbocycles. The normalized spacial score (nSPS) is 16.6. The van der Waals surface area contributed by atoms with Crippen LogP contribution in [0.25, 0.3) is 0 Å². The largest absolute Gasteiger partial charge is 0.467 e. The third-order valence-electron chi connectivity index (χ3n) is 3.99. The van der Waals surface area contributed by atoms with Crippen molar-refractivity contribution in [1.29, 1.82) is 0 Å². The minimum atomic E-state index is -0.368. The predicted molar refractivity (Wildman–Crippen MR) is 88.2 cm³/mol. The zero-order valence-electron chi connectivity index (χ0n) is 13.5. The molecule has 0 radical (unpaired) electrons. The van der Waals surface area contributed by atoms with Crippen LogP contribution in [0.15, 0.2) is 59.2 Å². The fourth-order valence-electron chi connectivity index (χ4n) is 2.94.